The molecule has 0 bridgehead atoms. The van der Waals surface area contributed by atoms with Crippen LogP contribution in [-0.4, -0.2) is 71.8 Å². The van der Waals surface area contributed by atoms with Gasteiger partial charge in [-0.15, -0.1) is 0 Å². The van der Waals surface area contributed by atoms with Crippen LogP contribution in [0.2, 0.25) is 0 Å². The zero-order valence-electron chi connectivity index (χ0n) is 16.6. The minimum absolute atomic E-state index is 0.172. The molecule has 2 saturated heterocycles. The number of alkyl halides is 3. The van der Waals surface area contributed by atoms with Crippen molar-refractivity contribution in [1.82, 2.24) is 9.80 Å². The quantitative estimate of drug-likeness (QED) is 0.756. The number of thiophene rings is 1. The number of rotatable bonds is 4. The second-order valence-electron chi connectivity index (χ2n) is 7.45. The van der Waals surface area contributed by atoms with Gasteiger partial charge in [0.1, 0.15) is 0 Å². The lowest BCUT2D eigenvalue weighted by Crippen LogP contribution is -2.34. The average molecular weight is 460 g/mol. The third kappa shape index (κ3) is 6.81. The van der Waals surface area contributed by atoms with E-state index in [0.29, 0.717) is 12.3 Å². The number of aliphatic carboxylic acids is 1. The molecule has 1 N–H and O–H groups in total. The number of hydrogen-bond donors (Lipinski definition) is 1. The maximum Gasteiger partial charge on any atom is 0.490 e. The summed E-state index contributed by atoms with van der Waals surface area (Å²) in [6.07, 6.45) is -0.894. The Hall–Kier alpha value is -2.37. The Morgan fingerprint density at radius 1 is 1.19 bits per heavy atom. The molecule has 2 atom stereocenters. The van der Waals surface area contributed by atoms with E-state index in [4.69, 9.17) is 19.1 Å². The molecule has 11 heteroatoms. The number of likely N-dealkylation sites (tertiary alicyclic amines) is 1. The first kappa shape index (κ1) is 23.3. The summed E-state index contributed by atoms with van der Waals surface area (Å²) in [6, 6.07) is 4.04. The second kappa shape index (κ2) is 10.3. The first-order chi connectivity index (χ1) is 14.7. The van der Waals surface area contributed by atoms with E-state index in [-0.39, 0.29) is 12.0 Å². The average Bonchev–Trinajstić information content (AvgIpc) is 3.43. The van der Waals surface area contributed by atoms with E-state index in [1.165, 1.54) is 5.56 Å². The van der Waals surface area contributed by atoms with Crippen molar-refractivity contribution in [3.63, 3.8) is 0 Å². The van der Waals surface area contributed by atoms with E-state index in [9.17, 15) is 18.0 Å². The molecule has 2 aliphatic heterocycles. The van der Waals surface area contributed by atoms with Crippen LogP contribution in [0.15, 0.2) is 39.8 Å². The standard InChI is InChI=1S/C18H22N2O3S.C2HF3O2/c21-18(7-14-2-6-24-13-14)20-10-16-9-19(3-5-23-17(16)11-20)8-15-1-4-22-12-15;3-2(4,5)1(6)7/h1-2,4,6,12-13,16-17H,3,5,7-11H2;(H,6,7)/t16-,17+;/m0./s1. The van der Waals surface area contributed by atoms with Gasteiger partial charge in [-0.3, -0.25) is 9.69 Å². The molecule has 170 valence electrons. The summed E-state index contributed by atoms with van der Waals surface area (Å²) < 4.78 is 42.9. The van der Waals surface area contributed by atoms with Gasteiger partial charge < -0.3 is 19.2 Å². The molecule has 2 aromatic rings. The summed E-state index contributed by atoms with van der Waals surface area (Å²) in [6.45, 7) is 5.04. The molecule has 0 aromatic carbocycles. The highest BCUT2D eigenvalue weighted by Crippen LogP contribution is 2.25. The van der Waals surface area contributed by atoms with Crippen LogP contribution in [-0.2, 0) is 27.3 Å². The van der Waals surface area contributed by atoms with E-state index < -0.39 is 12.1 Å². The van der Waals surface area contributed by atoms with Crippen molar-refractivity contribution in [2.45, 2.75) is 25.2 Å². The maximum absolute atomic E-state index is 12.5. The Morgan fingerprint density at radius 3 is 2.58 bits per heavy atom. The molecule has 2 aromatic heterocycles. The van der Waals surface area contributed by atoms with Crippen LogP contribution < -0.4 is 0 Å². The van der Waals surface area contributed by atoms with Crippen molar-refractivity contribution in [1.29, 1.82) is 0 Å². The Balaban J connectivity index is 0.000000339. The minimum Gasteiger partial charge on any atom is -0.475 e. The molecular weight excluding hydrogens is 437 g/mol. The van der Waals surface area contributed by atoms with Crippen molar-refractivity contribution in [3.05, 3.63) is 46.5 Å². The van der Waals surface area contributed by atoms with Crippen molar-refractivity contribution in [2.75, 3.05) is 32.8 Å². The third-order valence-corrected chi connectivity index (χ3v) is 5.86. The number of nitrogens with zero attached hydrogens (tertiary/aromatic N) is 2. The first-order valence-electron chi connectivity index (χ1n) is 9.66. The van der Waals surface area contributed by atoms with Gasteiger partial charge in [0, 0.05) is 44.2 Å². The highest BCUT2D eigenvalue weighted by molar-refractivity contribution is 7.08. The zero-order chi connectivity index (χ0) is 22.4. The smallest absolute Gasteiger partial charge is 0.475 e. The van der Waals surface area contributed by atoms with Crippen LogP contribution in [0, 0.1) is 5.92 Å². The Kier molecular flexibility index (Phi) is 7.74. The van der Waals surface area contributed by atoms with Crippen molar-refractivity contribution >= 4 is 23.2 Å². The first-order valence-corrected chi connectivity index (χ1v) is 10.6. The van der Waals surface area contributed by atoms with Crippen molar-refractivity contribution < 1.29 is 37.0 Å². The van der Waals surface area contributed by atoms with Gasteiger partial charge in [-0.25, -0.2) is 4.79 Å². The zero-order valence-corrected chi connectivity index (χ0v) is 17.4. The van der Waals surface area contributed by atoms with Crippen molar-refractivity contribution in [3.8, 4) is 0 Å². The van der Waals surface area contributed by atoms with Crippen molar-refractivity contribution in [2.24, 2.45) is 5.92 Å². The number of carbonyl (C=O) groups is 2. The van der Waals surface area contributed by atoms with E-state index in [1.54, 1.807) is 23.9 Å². The lowest BCUT2D eigenvalue weighted by molar-refractivity contribution is -0.192. The summed E-state index contributed by atoms with van der Waals surface area (Å²) in [5, 5.41) is 11.2. The summed E-state index contributed by atoms with van der Waals surface area (Å²) in [4.78, 5) is 25.8. The van der Waals surface area contributed by atoms with Gasteiger partial charge in [0.2, 0.25) is 5.91 Å². The fraction of sp³-hybridized carbons (Fsp3) is 0.500. The number of furan rings is 1. The SMILES string of the molecule is O=C(Cc1ccsc1)N1C[C@@H]2CN(Cc3ccoc3)CCO[C@@H]2C1.O=C(O)C(F)(F)F. The molecule has 0 aliphatic carbocycles. The number of amides is 1. The van der Waals surface area contributed by atoms with E-state index in [1.807, 2.05) is 22.4 Å². The largest absolute Gasteiger partial charge is 0.490 e. The molecule has 0 saturated carbocycles. The highest BCUT2D eigenvalue weighted by atomic mass is 32.1. The highest BCUT2D eigenvalue weighted by Gasteiger charge is 2.39. The monoisotopic (exact) mass is 460 g/mol. The van der Waals surface area contributed by atoms with E-state index >= 15 is 0 Å². The van der Waals surface area contributed by atoms with Gasteiger partial charge in [0.25, 0.3) is 0 Å². The van der Waals surface area contributed by atoms with Gasteiger partial charge in [0.05, 0.1) is 31.7 Å². The fourth-order valence-corrected chi connectivity index (χ4v) is 4.30. The van der Waals surface area contributed by atoms with Crippen LogP contribution >= 0.6 is 11.3 Å². The normalized spacial score (nSPS) is 21.7. The minimum atomic E-state index is -5.08. The lowest BCUT2D eigenvalue weighted by atomic mass is 10.1. The summed E-state index contributed by atoms with van der Waals surface area (Å²) in [5.74, 6) is -2.15. The summed E-state index contributed by atoms with van der Waals surface area (Å²) in [7, 11) is 0. The van der Waals surface area contributed by atoms with Crippen LogP contribution in [0.5, 0.6) is 0 Å². The summed E-state index contributed by atoms with van der Waals surface area (Å²) >= 11 is 1.64. The molecule has 0 unspecified atom stereocenters. The third-order valence-electron chi connectivity index (χ3n) is 5.13. The topological polar surface area (TPSA) is 83.2 Å². The number of carboxylic acids is 1. The molecule has 4 rings (SSSR count). The molecule has 1 amide bonds. The lowest BCUT2D eigenvalue weighted by Gasteiger charge is -2.22. The fourth-order valence-electron chi connectivity index (χ4n) is 3.63. The van der Waals surface area contributed by atoms with Gasteiger partial charge in [-0.2, -0.15) is 24.5 Å². The molecule has 31 heavy (non-hydrogen) atoms. The second-order valence-corrected chi connectivity index (χ2v) is 8.23. The van der Waals surface area contributed by atoms with Gasteiger partial charge in [-0.1, -0.05) is 0 Å². The van der Waals surface area contributed by atoms with E-state index in [0.717, 1.165) is 44.9 Å². The molecule has 0 spiro atoms. The predicted molar refractivity (Wildman–Crippen MR) is 106 cm³/mol. The van der Waals surface area contributed by atoms with Gasteiger partial charge in [0.15, 0.2) is 0 Å². The number of carboxylic acid groups (broad SMARTS) is 1. The van der Waals surface area contributed by atoms with Crippen LogP contribution in [0.1, 0.15) is 11.1 Å². The molecule has 0 radical (unpaired) electrons. The Labute approximate surface area is 181 Å². The molecule has 2 aliphatic rings. The Bertz CT molecular complexity index is 842. The number of carbonyl (C=O) groups excluding carboxylic acids is 1. The van der Waals surface area contributed by atoms with Crippen LogP contribution in [0.25, 0.3) is 0 Å². The van der Waals surface area contributed by atoms with E-state index in [2.05, 4.69) is 10.3 Å². The van der Waals surface area contributed by atoms with Crippen LogP contribution in [0.3, 0.4) is 0 Å². The predicted octanol–water partition coefficient (Wildman–Crippen LogP) is 2.88. The maximum atomic E-state index is 12.5. The molecule has 4 heterocycles. The number of fused-ring (bicyclic) bond motifs is 1. The van der Waals surface area contributed by atoms with Gasteiger partial charge >= 0.3 is 12.1 Å². The number of hydrogen-bond acceptors (Lipinski definition) is 6. The molecule has 2 fully saturated rings. The number of ether oxygens (including phenoxy) is 1. The molecular formula is C20H23F3N2O5S. The van der Waals surface area contributed by atoms with Crippen LogP contribution in [0.4, 0.5) is 13.2 Å². The Morgan fingerprint density at radius 2 is 1.97 bits per heavy atom. The van der Waals surface area contributed by atoms with Gasteiger partial charge in [-0.05, 0) is 28.5 Å². The summed E-state index contributed by atoms with van der Waals surface area (Å²) in [5.41, 5.74) is 2.30. The molecule has 7 nitrogen and oxygen atoms in total. The number of halogens is 3.